The van der Waals surface area contributed by atoms with Crippen LogP contribution in [0.5, 0.6) is 5.75 Å². The number of halogens is 3. The van der Waals surface area contributed by atoms with E-state index in [2.05, 4.69) is 20.4 Å². The standard InChI is InChI=1S/C16H19ClF2N4O/c1-20-16(21-6-9-23-7-2-3-8-23)22-11-12-10-13(17)4-5-14(12)24-15(18)19/h2-5,7-8,10,15H,6,9,11H2,1H3,(H2,20,21,22). The molecule has 0 radical (unpaired) electrons. The van der Waals surface area contributed by atoms with Gasteiger partial charge in [-0.15, -0.1) is 0 Å². The molecule has 2 N–H and O–H groups in total. The fraction of sp³-hybridized carbons (Fsp3) is 0.312. The monoisotopic (exact) mass is 356 g/mol. The van der Waals surface area contributed by atoms with Gasteiger partial charge < -0.3 is 19.9 Å². The van der Waals surface area contributed by atoms with Gasteiger partial charge in [-0.2, -0.15) is 8.78 Å². The number of rotatable bonds is 7. The smallest absolute Gasteiger partial charge is 0.387 e. The number of hydrogen-bond acceptors (Lipinski definition) is 2. The molecule has 130 valence electrons. The van der Waals surface area contributed by atoms with Crippen LogP contribution in [-0.2, 0) is 13.1 Å². The lowest BCUT2D eigenvalue weighted by Crippen LogP contribution is -2.38. The zero-order valence-electron chi connectivity index (χ0n) is 13.2. The Hall–Kier alpha value is -2.28. The third-order valence-corrected chi connectivity index (χ3v) is 3.47. The van der Waals surface area contributed by atoms with E-state index in [9.17, 15) is 8.78 Å². The Kier molecular flexibility index (Phi) is 6.87. The Morgan fingerprint density at radius 2 is 2.04 bits per heavy atom. The van der Waals surface area contributed by atoms with Crippen molar-refractivity contribution in [1.82, 2.24) is 15.2 Å². The molecule has 0 atom stereocenters. The lowest BCUT2D eigenvalue weighted by Gasteiger charge is -2.15. The van der Waals surface area contributed by atoms with Crippen LogP contribution in [0, 0.1) is 0 Å². The van der Waals surface area contributed by atoms with Crippen molar-refractivity contribution in [2.45, 2.75) is 19.7 Å². The molecule has 2 rings (SSSR count). The van der Waals surface area contributed by atoms with Crippen molar-refractivity contribution >= 4 is 17.6 Å². The average Bonchev–Trinajstić information content (AvgIpc) is 3.06. The van der Waals surface area contributed by atoms with E-state index in [1.807, 2.05) is 29.1 Å². The molecule has 1 aromatic heterocycles. The van der Waals surface area contributed by atoms with Gasteiger partial charge in [0.1, 0.15) is 5.75 Å². The first-order valence-electron chi connectivity index (χ1n) is 7.37. The van der Waals surface area contributed by atoms with E-state index in [0.29, 0.717) is 23.1 Å². The number of aliphatic imine (C=N–C) groups is 1. The lowest BCUT2D eigenvalue weighted by atomic mass is 10.2. The minimum absolute atomic E-state index is 0.0877. The number of hydrogen-bond donors (Lipinski definition) is 2. The topological polar surface area (TPSA) is 50.6 Å². The van der Waals surface area contributed by atoms with Crippen LogP contribution >= 0.6 is 11.6 Å². The molecule has 8 heteroatoms. The van der Waals surface area contributed by atoms with Crippen molar-refractivity contribution in [3.63, 3.8) is 0 Å². The van der Waals surface area contributed by atoms with Crippen molar-refractivity contribution in [1.29, 1.82) is 0 Å². The van der Waals surface area contributed by atoms with Crippen molar-refractivity contribution < 1.29 is 13.5 Å². The fourth-order valence-corrected chi connectivity index (χ4v) is 2.31. The van der Waals surface area contributed by atoms with Gasteiger partial charge in [-0.3, -0.25) is 4.99 Å². The summed E-state index contributed by atoms with van der Waals surface area (Å²) in [6.45, 7) is -1.18. The number of ether oxygens (including phenoxy) is 1. The molecule has 0 spiro atoms. The van der Waals surface area contributed by atoms with Crippen LogP contribution in [0.1, 0.15) is 5.56 Å². The van der Waals surface area contributed by atoms with E-state index < -0.39 is 6.61 Å². The molecule has 1 heterocycles. The SMILES string of the molecule is CN=C(NCCn1cccc1)NCc1cc(Cl)ccc1OC(F)F. The lowest BCUT2D eigenvalue weighted by molar-refractivity contribution is -0.0504. The maximum atomic E-state index is 12.5. The van der Waals surface area contributed by atoms with Gasteiger partial charge in [-0.25, -0.2) is 0 Å². The van der Waals surface area contributed by atoms with Gasteiger partial charge in [0.15, 0.2) is 5.96 Å². The second-order valence-corrected chi connectivity index (χ2v) is 5.34. The number of alkyl halides is 2. The number of nitrogens with zero attached hydrogens (tertiary/aromatic N) is 2. The molecule has 24 heavy (non-hydrogen) atoms. The second kappa shape index (κ2) is 9.12. The van der Waals surface area contributed by atoms with Gasteiger partial charge in [0.05, 0.1) is 0 Å². The van der Waals surface area contributed by atoms with E-state index in [-0.39, 0.29) is 12.3 Å². The van der Waals surface area contributed by atoms with Crippen LogP contribution in [0.2, 0.25) is 5.02 Å². The van der Waals surface area contributed by atoms with Crippen molar-refractivity contribution in [3.05, 3.63) is 53.3 Å². The van der Waals surface area contributed by atoms with E-state index in [4.69, 9.17) is 11.6 Å². The summed E-state index contributed by atoms with van der Waals surface area (Å²) in [4.78, 5) is 4.10. The minimum atomic E-state index is -2.89. The second-order valence-electron chi connectivity index (χ2n) is 4.90. The van der Waals surface area contributed by atoms with Crippen molar-refractivity contribution in [2.24, 2.45) is 4.99 Å². The largest absolute Gasteiger partial charge is 0.434 e. The minimum Gasteiger partial charge on any atom is -0.434 e. The number of aromatic nitrogens is 1. The first-order chi connectivity index (χ1) is 11.6. The normalized spacial score (nSPS) is 11.6. The summed E-state index contributed by atoms with van der Waals surface area (Å²) in [5, 5.41) is 6.65. The molecule has 0 fully saturated rings. The molecular weight excluding hydrogens is 338 g/mol. The molecular formula is C16H19ClF2N4O. The Morgan fingerprint density at radius 1 is 1.29 bits per heavy atom. The molecule has 0 amide bonds. The summed E-state index contributed by atoms with van der Waals surface area (Å²) in [7, 11) is 1.64. The number of nitrogens with one attached hydrogen (secondary N) is 2. The van der Waals surface area contributed by atoms with Crippen LogP contribution in [0.25, 0.3) is 0 Å². The Labute approximate surface area is 144 Å². The van der Waals surface area contributed by atoms with Crippen molar-refractivity contribution in [2.75, 3.05) is 13.6 Å². The molecule has 5 nitrogen and oxygen atoms in total. The molecule has 0 bridgehead atoms. The molecule has 0 unspecified atom stereocenters. The summed E-state index contributed by atoms with van der Waals surface area (Å²) in [6, 6.07) is 8.42. The van der Waals surface area contributed by atoms with E-state index in [0.717, 1.165) is 6.54 Å². The zero-order chi connectivity index (χ0) is 17.4. The Balaban J connectivity index is 1.89. The summed E-state index contributed by atoms with van der Waals surface area (Å²) < 4.78 is 31.4. The first kappa shape index (κ1) is 18.1. The number of benzene rings is 1. The Morgan fingerprint density at radius 3 is 2.71 bits per heavy atom. The summed E-state index contributed by atoms with van der Waals surface area (Å²) in [6.07, 6.45) is 3.94. The van der Waals surface area contributed by atoms with Crippen molar-refractivity contribution in [3.8, 4) is 5.75 Å². The highest BCUT2D eigenvalue weighted by Crippen LogP contribution is 2.24. The van der Waals surface area contributed by atoms with E-state index in [1.54, 1.807) is 13.1 Å². The summed E-state index contributed by atoms with van der Waals surface area (Å²) >= 11 is 5.92. The van der Waals surface area contributed by atoms with Gasteiger partial charge in [-0.05, 0) is 30.3 Å². The third-order valence-electron chi connectivity index (χ3n) is 3.24. The Bertz CT molecular complexity index is 662. The van der Waals surface area contributed by atoms with E-state index in [1.165, 1.54) is 12.1 Å². The summed E-state index contributed by atoms with van der Waals surface area (Å²) in [5.41, 5.74) is 0.524. The molecule has 1 aromatic carbocycles. The van der Waals surface area contributed by atoms with Gasteiger partial charge in [-0.1, -0.05) is 11.6 Å². The molecule has 0 saturated carbocycles. The van der Waals surface area contributed by atoms with Crippen LogP contribution in [0.15, 0.2) is 47.7 Å². The zero-order valence-corrected chi connectivity index (χ0v) is 13.9. The van der Waals surface area contributed by atoms with Gasteiger partial charge >= 0.3 is 6.61 Å². The van der Waals surface area contributed by atoms with Crippen LogP contribution in [0.3, 0.4) is 0 Å². The predicted molar refractivity (Wildman–Crippen MR) is 90.7 cm³/mol. The molecule has 2 aromatic rings. The molecule has 0 aliphatic heterocycles. The first-order valence-corrected chi connectivity index (χ1v) is 7.75. The summed E-state index contributed by atoms with van der Waals surface area (Å²) in [5.74, 6) is 0.648. The molecule has 0 aliphatic rings. The van der Waals surface area contributed by atoms with Crippen LogP contribution in [0.4, 0.5) is 8.78 Å². The predicted octanol–water partition coefficient (Wildman–Crippen LogP) is 3.11. The molecule has 0 aliphatic carbocycles. The van der Waals surface area contributed by atoms with E-state index >= 15 is 0 Å². The van der Waals surface area contributed by atoms with Gasteiger partial charge in [0.25, 0.3) is 0 Å². The average molecular weight is 357 g/mol. The quantitative estimate of drug-likeness (QED) is 0.592. The molecule has 0 saturated heterocycles. The van der Waals surface area contributed by atoms with Gasteiger partial charge in [0, 0.05) is 49.7 Å². The number of guanidine groups is 1. The van der Waals surface area contributed by atoms with Crippen LogP contribution in [-0.4, -0.2) is 30.7 Å². The fourth-order valence-electron chi connectivity index (χ4n) is 2.12. The van der Waals surface area contributed by atoms with Gasteiger partial charge in [0.2, 0.25) is 0 Å². The highest BCUT2D eigenvalue weighted by Gasteiger charge is 2.10. The third kappa shape index (κ3) is 5.73. The maximum Gasteiger partial charge on any atom is 0.387 e. The highest BCUT2D eigenvalue weighted by molar-refractivity contribution is 6.30. The highest BCUT2D eigenvalue weighted by atomic mass is 35.5. The maximum absolute atomic E-state index is 12.5. The van der Waals surface area contributed by atoms with Crippen LogP contribution < -0.4 is 15.4 Å².